The number of carbonyl (C=O) groups is 1. The molecule has 4 aromatic rings. The number of halogens is 1. The smallest absolute Gasteiger partial charge is 0.240 e. The Bertz CT molecular complexity index is 1340. The number of thioether (sulfide) groups is 1. The van der Waals surface area contributed by atoms with E-state index in [0.29, 0.717) is 21.8 Å². The summed E-state index contributed by atoms with van der Waals surface area (Å²) in [7, 11) is 1.57. The maximum Gasteiger partial charge on any atom is 0.240 e. The van der Waals surface area contributed by atoms with E-state index in [2.05, 4.69) is 20.9 Å². The summed E-state index contributed by atoms with van der Waals surface area (Å²) >= 11 is 7.80. The Morgan fingerprint density at radius 2 is 1.91 bits per heavy atom. The first-order chi connectivity index (χ1) is 16.5. The van der Waals surface area contributed by atoms with Crippen molar-refractivity contribution in [3.05, 3.63) is 88.9 Å². The normalized spacial score (nSPS) is 16.9. The van der Waals surface area contributed by atoms with E-state index in [1.54, 1.807) is 13.2 Å². The highest BCUT2D eigenvalue weighted by Gasteiger charge is 2.38. The van der Waals surface area contributed by atoms with E-state index in [-0.39, 0.29) is 5.91 Å². The van der Waals surface area contributed by atoms with Crippen molar-refractivity contribution >= 4 is 35.0 Å². The molecule has 0 radical (unpaired) electrons. The van der Waals surface area contributed by atoms with Crippen LogP contribution in [0.1, 0.15) is 17.2 Å². The van der Waals surface area contributed by atoms with Crippen LogP contribution in [-0.2, 0) is 4.79 Å². The number of fused-ring (bicyclic) bond motifs is 1. The molecule has 0 spiro atoms. The number of benzene rings is 3. The molecule has 0 saturated carbocycles. The summed E-state index contributed by atoms with van der Waals surface area (Å²) in [5.41, 5.74) is 7.04. The molecule has 1 aromatic heterocycles. The van der Waals surface area contributed by atoms with E-state index in [1.807, 2.05) is 78.3 Å². The van der Waals surface area contributed by atoms with Crippen molar-refractivity contribution in [2.24, 2.45) is 0 Å². The van der Waals surface area contributed by atoms with Crippen molar-refractivity contribution in [1.29, 1.82) is 0 Å². The molecule has 7 nitrogen and oxygen atoms in total. The maximum absolute atomic E-state index is 13.5. The van der Waals surface area contributed by atoms with E-state index in [9.17, 15) is 4.79 Å². The zero-order chi connectivity index (χ0) is 23.7. The number of amides is 1. The van der Waals surface area contributed by atoms with Gasteiger partial charge in [-0.2, -0.15) is 0 Å². The van der Waals surface area contributed by atoms with Gasteiger partial charge in [-0.3, -0.25) is 4.79 Å². The largest absolute Gasteiger partial charge is 0.495 e. The molecule has 34 heavy (non-hydrogen) atoms. The Hall–Kier alpha value is -3.49. The van der Waals surface area contributed by atoms with Crippen LogP contribution in [0.3, 0.4) is 0 Å². The lowest BCUT2D eigenvalue weighted by Gasteiger charge is -2.33. The number of rotatable bonds is 5. The molecule has 172 valence electrons. The fraction of sp³-hybridized carbons (Fsp3) is 0.160. The van der Waals surface area contributed by atoms with Gasteiger partial charge in [-0.1, -0.05) is 71.9 Å². The van der Waals surface area contributed by atoms with Crippen LogP contribution in [0.4, 0.5) is 5.69 Å². The second-order valence-corrected chi connectivity index (χ2v) is 9.42. The zero-order valence-corrected chi connectivity index (χ0v) is 20.1. The summed E-state index contributed by atoms with van der Waals surface area (Å²) in [6, 6.07) is 22.7. The molecule has 5 rings (SSSR count). The van der Waals surface area contributed by atoms with Crippen molar-refractivity contribution < 1.29 is 9.53 Å². The molecule has 1 aliphatic rings. The van der Waals surface area contributed by atoms with Crippen LogP contribution in [0, 0.1) is 6.92 Å². The van der Waals surface area contributed by atoms with Crippen LogP contribution >= 0.6 is 23.4 Å². The molecule has 2 heterocycles. The van der Waals surface area contributed by atoms with Gasteiger partial charge < -0.3 is 15.5 Å². The van der Waals surface area contributed by atoms with Gasteiger partial charge in [0.1, 0.15) is 11.0 Å². The third-order valence-electron chi connectivity index (χ3n) is 5.55. The molecule has 0 aliphatic carbocycles. The predicted octanol–water partition coefficient (Wildman–Crippen LogP) is 5.31. The molecule has 0 unspecified atom stereocenters. The Kier molecular flexibility index (Phi) is 6.17. The van der Waals surface area contributed by atoms with Gasteiger partial charge in [-0.05, 0) is 42.3 Å². The van der Waals surface area contributed by atoms with Crippen LogP contribution in [0.15, 0.2) is 78.0 Å². The minimum absolute atomic E-state index is 0.143. The maximum atomic E-state index is 13.5. The molecule has 0 bridgehead atoms. The fourth-order valence-corrected chi connectivity index (χ4v) is 5.24. The Balaban J connectivity index is 1.53. The Labute approximate surface area is 206 Å². The number of hydrogen-bond acceptors (Lipinski definition) is 6. The van der Waals surface area contributed by atoms with Crippen molar-refractivity contribution in [2.75, 3.05) is 17.9 Å². The first-order valence-corrected chi connectivity index (χ1v) is 11.9. The molecular formula is C25H22ClN5O2S. The molecule has 1 amide bonds. The fourth-order valence-electron chi connectivity index (χ4n) is 3.89. The highest BCUT2D eigenvalue weighted by atomic mass is 35.5. The SMILES string of the molecule is COc1ccc([C@@H]2Nn3c(nnc3-c3ccccc3)S[C@@H]2C(=O)Nc2cccc(C)c2)cc1Cl. The second-order valence-electron chi connectivity index (χ2n) is 7.91. The first kappa shape index (κ1) is 22.3. The average molecular weight is 492 g/mol. The molecule has 0 fully saturated rings. The van der Waals surface area contributed by atoms with Crippen molar-refractivity contribution in [3.8, 4) is 17.1 Å². The number of nitrogens with one attached hydrogen (secondary N) is 2. The monoisotopic (exact) mass is 491 g/mol. The standard InChI is InChI=1S/C25H22ClN5O2S/c1-15-7-6-10-18(13-15)27-24(32)22-21(17-11-12-20(33-2)19(26)14-17)30-31-23(28-29-25(31)34-22)16-8-4-3-5-9-16/h3-14,21-22,30H,1-2H3,(H,27,32)/t21-,22-/m0/s1. The average Bonchev–Trinajstić information content (AvgIpc) is 3.27. The number of aryl methyl sites for hydroxylation is 1. The third kappa shape index (κ3) is 4.34. The van der Waals surface area contributed by atoms with Crippen molar-refractivity contribution in [3.63, 3.8) is 0 Å². The topological polar surface area (TPSA) is 81.1 Å². The summed E-state index contributed by atoms with van der Waals surface area (Å²) in [5.74, 6) is 1.10. The van der Waals surface area contributed by atoms with E-state index in [4.69, 9.17) is 16.3 Å². The highest BCUT2D eigenvalue weighted by Crippen LogP contribution is 2.40. The van der Waals surface area contributed by atoms with Gasteiger partial charge >= 0.3 is 0 Å². The van der Waals surface area contributed by atoms with Crippen LogP contribution in [0.2, 0.25) is 5.02 Å². The number of hydrogen-bond donors (Lipinski definition) is 2. The van der Waals surface area contributed by atoms with E-state index in [1.165, 1.54) is 11.8 Å². The molecular weight excluding hydrogens is 470 g/mol. The predicted molar refractivity (Wildman–Crippen MR) is 135 cm³/mol. The minimum Gasteiger partial charge on any atom is -0.495 e. The van der Waals surface area contributed by atoms with Gasteiger partial charge in [0.2, 0.25) is 11.1 Å². The lowest BCUT2D eigenvalue weighted by Crippen LogP contribution is -2.41. The van der Waals surface area contributed by atoms with Gasteiger partial charge in [-0.25, -0.2) is 4.68 Å². The zero-order valence-electron chi connectivity index (χ0n) is 18.5. The second kappa shape index (κ2) is 9.40. The van der Waals surface area contributed by atoms with Crippen molar-refractivity contribution in [2.45, 2.75) is 23.4 Å². The lowest BCUT2D eigenvalue weighted by molar-refractivity contribution is -0.116. The van der Waals surface area contributed by atoms with Crippen molar-refractivity contribution in [1.82, 2.24) is 14.9 Å². The van der Waals surface area contributed by atoms with E-state index in [0.717, 1.165) is 22.4 Å². The highest BCUT2D eigenvalue weighted by molar-refractivity contribution is 8.00. The van der Waals surface area contributed by atoms with Crippen LogP contribution in [-0.4, -0.2) is 33.1 Å². The summed E-state index contributed by atoms with van der Waals surface area (Å²) in [6.45, 7) is 1.99. The van der Waals surface area contributed by atoms with Crippen LogP contribution < -0.4 is 15.5 Å². The minimum atomic E-state index is -0.523. The number of carbonyl (C=O) groups excluding carboxylic acids is 1. The van der Waals surface area contributed by atoms with Crippen LogP contribution in [0.25, 0.3) is 11.4 Å². The summed E-state index contributed by atoms with van der Waals surface area (Å²) in [6.07, 6.45) is 0. The van der Waals surface area contributed by atoms with E-state index >= 15 is 0 Å². The number of nitrogens with zero attached hydrogens (tertiary/aromatic N) is 3. The molecule has 3 aromatic carbocycles. The van der Waals surface area contributed by atoms with Gasteiger partial charge in [0.25, 0.3) is 0 Å². The molecule has 1 aliphatic heterocycles. The molecule has 0 saturated heterocycles. The number of aromatic nitrogens is 3. The van der Waals surface area contributed by atoms with Gasteiger partial charge in [0, 0.05) is 11.3 Å². The van der Waals surface area contributed by atoms with Gasteiger partial charge in [0.15, 0.2) is 5.82 Å². The summed E-state index contributed by atoms with van der Waals surface area (Å²) < 4.78 is 7.14. The Morgan fingerprint density at radius 3 is 2.65 bits per heavy atom. The number of ether oxygens (including phenoxy) is 1. The van der Waals surface area contributed by atoms with E-state index < -0.39 is 11.3 Å². The summed E-state index contributed by atoms with van der Waals surface area (Å²) in [4.78, 5) is 13.5. The molecule has 2 N–H and O–H groups in total. The number of methoxy groups -OCH3 is 1. The number of anilines is 1. The lowest BCUT2D eigenvalue weighted by atomic mass is 10.0. The van der Waals surface area contributed by atoms with Gasteiger partial charge in [-0.15, -0.1) is 10.2 Å². The van der Waals surface area contributed by atoms with Gasteiger partial charge in [0.05, 0.1) is 18.2 Å². The van der Waals surface area contributed by atoms with Crippen LogP contribution in [0.5, 0.6) is 5.75 Å². The molecule has 9 heteroatoms. The Morgan fingerprint density at radius 1 is 1.09 bits per heavy atom. The summed E-state index contributed by atoms with van der Waals surface area (Å²) in [5, 5.41) is 12.3. The first-order valence-electron chi connectivity index (χ1n) is 10.7. The molecule has 2 atom stereocenters. The third-order valence-corrected chi connectivity index (χ3v) is 7.06. The quantitative estimate of drug-likeness (QED) is 0.393.